The molecule has 1 aromatic carbocycles. The highest BCUT2D eigenvalue weighted by atomic mass is 16.3. The third-order valence-electron chi connectivity index (χ3n) is 3.07. The van der Waals surface area contributed by atoms with Crippen LogP contribution in [-0.2, 0) is 13.0 Å². The number of rotatable bonds is 5. The Hall–Kier alpha value is -1.68. The minimum Gasteiger partial charge on any atom is -0.391 e. The van der Waals surface area contributed by atoms with Gasteiger partial charge in [-0.3, -0.25) is 0 Å². The van der Waals surface area contributed by atoms with Crippen molar-refractivity contribution in [3.05, 3.63) is 36.0 Å². The molecule has 1 atom stereocenters. The molecule has 0 saturated carbocycles. The lowest BCUT2D eigenvalue weighted by atomic mass is 10.1. The first-order valence-electron chi connectivity index (χ1n) is 6.40. The van der Waals surface area contributed by atoms with E-state index in [0.29, 0.717) is 6.54 Å². The second-order valence-corrected chi connectivity index (χ2v) is 4.44. The predicted octanol–water partition coefficient (Wildman–Crippen LogP) is 2.28. The smallest absolute Gasteiger partial charge is 0.113 e. The van der Waals surface area contributed by atoms with Gasteiger partial charge in [-0.15, -0.1) is 5.10 Å². The van der Waals surface area contributed by atoms with Gasteiger partial charge in [0.15, 0.2) is 0 Å². The molecule has 2 rings (SSSR count). The van der Waals surface area contributed by atoms with Gasteiger partial charge in [-0.25, -0.2) is 4.68 Å². The lowest BCUT2D eigenvalue weighted by molar-refractivity contribution is 0.144. The zero-order valence-electron chi connectivity index (χ0n) is 10.9. The summed E-state index contributed by atoms with van der Waals surface area (Å²) >= 11 is 0. The van der Waals surface area contributed by atoms with Crippen molar-refractivity contribution in [3.63, 3.8) is 0 Å². The van der Waals surface area contributed by atoms with Crippen LogP contribution in [0.3, 0.4) is 0 Å². The van der Waals surface area contributed by atoms with Crippen LogP contribution in [0, 0.1) is 0 Å². The Balaban J connectivity index is 2.13. The Morgan fingerprint density at radius 1 is 1.22 bits per heavy atom. The second kappa shape index (κ2) is 5.78. The van der Waals surface area contributed by atoms with Gasteiger partial charge >= 0.3 is 0 Å². The van der Waals surface area contributed by atoms with E-state index in [1.807, 2.05) is 13.1 Å². The Kier molecular flexibility index (Phi) is 4.10. The Morgan fingerprint density at radius 2 is 1.94 bits per heavy atom. The first-order chi connectivity index (χ1) is 8.72. The average Bonchev–Trinajstić information content (AvgIpc) is 2.87. The van der Waals surface area contributed by atoms with Crippen LogP contribution in [0.2, 0.25) is 0 Å². The van der Waals surface area contributed by atoms with E-state index in [0.717, 1.165) is 24.1 Å². The van der Waals surface area contributed by atoms with E-state index in [1.54, 1.807) is 4.68 Å². The number of aryl methyl sites for hydroxylation is 1. The molecule has 0 aliphatic carbocycles. The van der Waals surface area contributed by atoms with Crippen LogP contribution in [0.1, 0.15) is 25.8 Å². The van der Waals surface area contributed by atoms with Crippen molar-refractivity contribution < 1.29 is 5.11 Å². The number of aliphatic hydroxyl groups is 1. The molecule has 0 aliphatic heterocycles. The lowest BCUT2D eigenvalue weighted by Crippen LogP contribution is -2.15. The van der Waals surface area contributed by atoms with Crippen LogP contribution in [0.4, 0.5) is 0 Å². The molecule has 0 aliphatic rings. The molecule has 1 aromatic heterocycles. The van der Waals surface area contributed by atoms with Crippen molar-refractivity contribution >= 4 is 0 Å². The van der Waals surface area contributed by atoms with Crippen LogP contribution in [0.15, 0.2) is 30.5 Å². The fourth-order valence-corrected chi connectivity index (χ4v) is 1.78. The highest BCUT2D eigenvalue weighted by molar-refractivity contribution is 5.57. The van der Waals surface area contributed by atoms with Crippen LogP contribution in [0.25, 0.3) is 11.3 Å². The van der Waals surface area contributed by atoms with Crippen LogP contribution in [0.5, 0.6) is 0 Å². The molecule has 0 amide bonds. The number of aromatic nitrogens is 3. The monoisotopic (exact) mass is 245 g/mol. The third kappa shape index (κ3) is 2.96. The van der Waals surface area contributed by atoms with E-state index < -0.39 is 0 Å². The van der Waals surface area contributed by atoms with Crippen molar-refractivity contribution in [2.45, 2.75) is 39.3 Å². The molecular formula is C14H19N3O. The quantitative estimate of drug-likeness (QED) is 0.879. The van der Waals surface area contributed by atoms with Crippen molar-refractivity contribution in [1.29, 1.82) is 0 Å². The summed E-state index contributed by atoms with van der Waals surface area (Å²) in [6.07, 6.45) is 3.28. The maximum atomic E-state index is 9.57. The highest BCUT2D eigenvalue weighted by Crippen LogP contribution is 2.17. The largest absolute Gasteiger partial charge is 0.391 e. The fourth-order valence-electron chi connectivity index (χ4n) is 1.78. The first-order valence-corrected chi connectivity index (χ1v) is 6.40. The molecule has 96 valence electrons. The van der Waals surface area contributed by atoms with Gasteiger partial charge in [0.25, 0.3) is 0 Å². The fraction of sp³-hybridized carbons (Fsp3) is 0.429. The number of nitrogens with zero attached hydrogens (tertiary/aromatic N) is 3. The van der Waals surface area contributed by atoms with Crippen molar-refractivity contribution in [3.8, 4) is 11.3 Å². The minimum absolute atomic E-state index is 0.359. The van der Waals surface area contributed by atoms with Gasteiger partial charge in [0.05, 0.1) is 18.8 Å². The van der Waals surface area contributed by atoms with Crippen molar-refractivity contribution in [1.82, 2.24) is 15.0 Å². The number of hydrogen-bond donors (Lipinski definition) is 1. The molecular weight excluding hydrogens is 226 g/mol. The summed E-state index contributed by atoms with van der Waals surface area (Å²) in [5.41, 5.74) is 3.22. The maximum absolute atomic E-state index is 9.57. The second-order valence-electron chi connectivity index (χ2n) is 4.44. The maximum Gasteiger partial charge on any atom is 0.113 e. The van der Waals surface area contributed by atoms with Crippen LogP contribution < -0.4 is 0 Å². The van der Waals surface area contributed by atoms with E-state index in [-0.39, 0.29) is 6.10 Å². The molecule has 0 saturated heterocycles. The summed E-state index contributed by atoms with van der Waals surface area (Å²) in [6.45, 7) is 4.58. The van der Waals surface area contributed by atoms with Gasteiger partial charge in [-0.2, -0.15) is 0 Å². The first kappa shape index (κ1) is 12.8. The topological polar surface area (TPSA) is 50.9 Å². The van der Waals surface area contributed by atoms with Gasteiger partial charge in [0.2, 0.25) is 0 Å². The molecule has 1 heterocycles. The molecule has 0 bridgehead atoms. The van der Waals surface area contributed by atoms with Crippen molar-refractivity contribution in [2.75, 3.05) is 0 Å². The summed E-state index contributed by atoms with van der Waals surface area (Å²) in [6, 6.07) is 8.33. The zero-order chi connectivity index (χ0) is 13.0. The van der Waals surface area contributed by atoms with E-state index in [2.05, 4.69) is 41.5 Å². The van der Waals surface area contributed by atoms with E-state index in [9.17, 15) is 5.11 Å². The molecule has 18 heavy (non-hydrogen) atoms. The van der Waals surface area contributed by atoms with E-state index in [1.165, 1.54) is 5.56 Å². The molecule has 2 aromatic rings. The van der Waals surface area contributed by atoms with Gasteiger partial charge in [0, 0.05) is 5.56 Å². The summed E-state index contributed by atoms with van der Waals surface area (Å²) in [4.78, 5) is 0. The van der Waals surface area contributed by atoms with Gasteiger partial charge < -0.3 is 5.11 Å². The van der Waals surface area contributed by atoms with E-state index in [4.69, 9.17) is 0 Å². The molecule has 4 nitrogen and oxygen atoms in total. The molecule has 0 fully saturated rings. The van der Waals surface area contributed by atoms with Gasteiger partial charge in [0.1, 0.15) is 5.69 Å². The summed E-state index contributed by atoms with van der Waals surface area (Å²) in [5.74, 6) is 0. The number of aliphatic hydroxyl groups excluding tert-OH is 1. The minimum atomic E-state index is -0.359. The summed E-state index contributed by atoms with van der Waals surface area (Å²) in [7, 11) is 0. The summed E-state index contributed by atoms with van der Waals surface area (Å²) in [5, 5.41) is 17.7. The SMILES string of the molecule is CCc1ccc(-c2cn(CC(O)CC)nn2)cc1. The van der Waals surface area contributed by atoms with Gasteiger partial charge in [-0.1, -0.05) is 43.3 Å². The lowest BCUT2D eigenvalue weighted by Gasteiger charge is -2.05. The van der Waals surface area contributed by atoms with Crippen molar-refractivity contribution in [2.24, 2.45) is 0 Å². The molecule has 0 radical (unpaired) electrons. The Labute approximate surface area is 107 Å². The summed E-state index contributed by atoms with van der Waals surface area (Å²) < 4.78 is 1.69. The average molecular weight is 245 g/mol. The van der Waals surface area contributed by atoms with Gasteiger partial charge in [-0.05, 0) is 18.4 Å². The number of hydrogen-bond acceptors (Lipinski definition) is 3. The molecule has 1 unspecified atom stereocenters. The normalized spacial score (nSPS) is 12.6. The van der Waals surface area contributed by atoms with E-state index >= 15 is 0 Å². The molecule has 4 heteroatoms. The van der Waals surface area contributed by atoms with Crippen LogP contribution >= 0.6 is 0 Å². The highest BCUT2D eigenvalue weighted by Gasteiger charge is 2.07. The predicted molar refractivity (Wildman–Crippen MR) is 71.1 cm³/mol. The standard InChI is InChI=1S/C14H19N3O/c1-3-11-5-7-12(8-6-11)14-10-17(16-15-14)9-13(18)4-2/h5-8,10,13,18H,3-4,9H2,1-2H3. The zero-order valence-corrected chi connectivity index (χ0v) is 10.9. The third-order valence-corrected chi connectivity index (χ3v) is 3.07. The Morgan fingerprint density at radius 3 is 2.56 bits per heavy atom. The van der Waals surface area contributed by atoms with Crippen LogP contribution in [-0.4, -0.2) is 26.2 Å². The molecule has 0 spiro atoms. The Bertz CT molecular complexity index is 490. The number of benzene rings is 1. The molecule has 1 N–H and O–H groups in total.